The fourth-order valence-electron chi connectivity index (χ4n) is 7.57. The Morgan fingerprint density at radius 2 is 0.755 bits per heavy atom. The minimum absolute atomic E-state index is 0.267. The Bertz CT molecular complexity index is 2050. The van der Waals surface area contributed by atoms with Crippen molar-refractivity contribution in [3.63, 3.8) is 0 Å². The van der Waals surface area contributed by atoms with Gasteiger partial charge in [-0.25, -0.2) is 9.98 Å². The lowest BCUT2D eigenvalue weighted by Crippen LogP contribution is -2.44. The highest BCUT2D eigenvalue weighted by molar-refractivity contribution is 6.07. The SMILES string of the molecule is C=Cc1ccc(CC(Cc2ccc(C=C)cc2)(C2=N[C@H](c3ccccc3)C(c3ccccc3)O2)C2=N[C@H](c3ccccc3)[C@H](c3ccccc3)O2)cc1. The molecule has 0 aromatic heterocycles. The normalized spacial score (nSPS) is 19.4. The van der Waals surface area contributed by atoms with Crippen LogP contribution in [-0.4, -0.2) is 11.8 Å². The van der Waals surface area contributed by atoms with E-state index in [1.165, 1.54) is 0 Å². The monoisotopic (exact) mass is 690 g/mol. The summed E-state index contributed by atoms with van der Waals surface area (Å²) in [4.78, 5) is 11.2. The number of hydrogen-bond donors (Lipinski definition) is 0. The largest absolute Gasteiger partial charge is 0.469 e. The van der Waals surface area contributed by atoms with Crippen LogP contribution in [0.5, 0.6) is 0 Å². The van der Waals surface area contributed by atoms with E-state index in [0.29, 0.717) is 24.6 Å². The zero-order valence-electron chi connectivity index (χ0n) is 29.7. The maximum Gasteiger partial charge on any atom is 0.201 e. The van der Waals surface area contributed by atoms with Gasteiger partial charge >= 0.3 is 0 Å². The van der Waals surface area contributed by atoms with E-state index in [2.05, 4.69) is 159 Å². The predicted molar refractivity (Wildman–Crippen MR) is 217 cm³/mol. The lowest BCUT2D eigenvalue weighted by molar-refractivity contribution is 0.154. The molecule has 4 heteroatoms. The molecule has 0 bridgehead atoms. The molecule has 260 valence electrons. The van der Waals surface area contributed by atoms with Gasteiger partial charge in [-0.3, -0.25) is 0 Å². The number of rotatable bonds is 12. The fourth-order valence-corrected chi connectivity index (χ4v) is 7.57. The highest BCUT2D eigenvalue weighted by atomic mass is 16.5. The van der Waals surface area contributed by atoms with Crippen LogP contribution in [0.1, 0.15) is 68.8 Å². The third kappa shape index (κ3) is 7.01. The Balaban J connectivity index is 1.35. The van der Waals surface area contributed by atoms with Crippen molar-refractivity contribution in [1.29, 1.82) is 0 Å². The summed E-state index contributed by atoms with van der Waals surface area (Å²) in [5.74, 6) is 1.25. The molecule has 2 aliphatic heterocycles. The third-order valence-corrected chi connectivity index (χ3v) is 10.4. The lowest BCUT2D eigenvalue weighted by Gasteiger charge is -2.34. The molecule has 0 saturated heterocycles. The van der Waals surface area contributed by atoms with Gasteiger partial charge in [0, 0.05) is 0 Å². The van der Waals surface area contributed by atoms with Gasteiger partial charge in [0.2, 0.25) is 11.8 Å². The van der Waals surface area contributed by atoms with Crippen molar-refractivity contribution in [3.05, 3.63) is 228 Å². The van der Waals surface area contributed by atoms with E-state index >= 15 is 0 Å². The quantitative estimate of drug-likeness (QED) is 0.128. The first-order valence-corrected chi connectivity index (χ1v) is 18.3. The molecule has 53 heavy (non-hydrogen) atoms. The van der Waals surface area contributed by atoms with Gasteiger partial charge in [-0.15, -0.1) is 0 Å². The van der Waals surface area contributed by atoms with Crippen molar-refractivity contribution in [2.75, 3.05) is 0 Å². The van der Waals surface area contributed by atoms with E-state index in [4.69, 9.17) is 19.5 Å². The van der Waals surface area contributed by atoms with Crippen molar-refractivity contribution in [2.45, 2.75) is 37.1 Å². The van der Waals surface area contributed by atoms with Gasteiger partial charge in [0.15, 0.2) is 12.2 Å². The first-order valence-electron chi connectivity index (χ1n) is 18.3. The minimum atomic E-state index is -0.904. The predicted octanol–water partition coefficient (Wildman–Crippen LogP) is 11.6. The molecule has 0 saturated carbocycles. The van der Waals surface area contributed by atoms with Gasteiger partial charge in [-0.1, -0.05) is 195 Å². The Morgan fingerprint density at radius 1 is 0.434 bits per heavy atom. The number of ether oxygens (including phenoxy) is 2. The van der Waals surface area contributed by atoms with Crippen LogP contribution in [0.3, 0.4) is 0 Å². The molecule has 4 atom stereocenters. The molecule has 2 heterocycles. The molecular formula is C49H42N2O2. The second kappa shape index (κ2) is 15.1. The molecule has 0 spiro atoms. The molecule has 2 aliphatic rings. The molecule has 0 amide bonds. The summed E-state index contributed by atoms with van der Waals surface area (Å²) in [5, 5.41) is 0. The molecule has 6 aromatic carbocycles. The topological polar surface area (TPSA) is 43.2 Å². The van der Waals surface area contributed by atoms with Gasteiger partial charge in [0.05, 0.1) is 0 Å². The second-order valence-electron chi connectivity index (χ2n) is 13.8. The molecule has 0 fully saturated rings. The van der Waals surface area contributed by atoms with E-state index in [0.717, 1.165) is 44.5 Å². The highest BCUT2D eigenvalue weighted by Gasteiger charge is 2.53. The molecule has 0 aliphatic carbocycles. The van der Waals surface area contributed by atoms with Crippen LogP contribution in [0, 0.1) is 5.41 Å². The summed E-state index contributed by atoms with van der Waals surface area (Å²) in [6, 6.07) is 58.3. The van der Waals surface area contributed by atoms with E-state index in [9.17, 15) is 0 Å². The van der Waals surface area contributed by atoms with Crippen LogP contribution in [0.4, 0.5) is 0 Å². The summed E-state index contributed by atoms with van der Waals surface area (Å²) in [7, 11) is 0. The van der Waals surface area contributed by atoms with E-state index in [-0.39, 0.29) is 24.3 Å². The summed E-state index contributed by atoms with van der Waals surface area (Å²) in [6.45, 7) is 7.99. The molecule has 4 nitrogen and oxygen atoms in total. The summed E-state index contributed by atoms with van der Waals surface area (Å²) in [5.41, 5.74) is 7.78. The van der Waals surface area contributed by atoms with E-state index in [1.54, 1.807) is 0 Å². The Morgan fingerprint density at radius 3 is 1.08 bits per heavy atom. The summed E-state index contributed by atoms with van der Waals surface area (Å²) in [6.07, 6.45) is 4.17. The van der Waals surface area contributed by atoms with E-state index in [1.807, 2.05) is 36.4 Å². The standard InChI is InChI=1S/C49H42N2O2/c1-3-35-25-29-37(30-26-35)33-49(34-38-31-27-36(4-2)28-32-38,47-50-43(39-17-9-5-10-18-39)45(52-47)41-21-13-7-14-22-41)48-51-44(40-19-11-6-12-20-40)46(53-48)42-23-15-8-16-24-42/h3-32,43-46H,1-2,33-34H2/t43-,44-,45+,46?/m1/s1. The number of hydrogen-bond acceptors (Lipinski definition) is 4. The second-order valence-corrected chi connectivity index (χ2v) is 13.8. The lowest BCUT2D eigenvalue weighted by atomic mass is 9.75. The number of aliphatic imine (C=N–C) groups is 2. The Kier molecular flexibility index (Phi) is 9.68. The average molecular weight is 691 g/mol. The van der Waals surface area contributed by atoms with Crippen molar-refractivity contribution < 1.29 is 9.47 Å². The van der Waals surface area contributed by atoms with E-state index < -0.39 is 5.41 Å². The van der Waals surface area contributed by atoms with Gasteiger partial charge in [-0.2, -0.15) is 0 Å². The first-order chi connectivity index (χ1) is 26.1. The summed E-state index contributed by atoms with van der Waals surface area (Å²) < 4.78 is 14.5. The molecule has 0 N–H and O–H groups in total. The molecular weight excluding hydrogens is 649 g/mol. The molecule has 0 radical (unpaired) electrons. The van der Waals surface area contributed by atoms with Crippen LogP contribution in [0.25, 0.3) is 12.2 Å². The minimum Gasteiger partial charge on any atom is -0.469 e. The van der Waals surface area contributed by atoms with Gasteiger partial charge in [-0.05, 0) is 57.3 Å². The first kappa shape index (κ1) is 33.9. The molecule has 1 unspecified atom stereocenters. The van der Waals surface area contributed by atoms with Gasteiger partial charge < -0.3 is 9.47 Å². The Hall–Kier alpha value is -6.26. The third-order valence-electron chi connectivity index (χ3n) is 10.4. The maximum atomic E-state index is 7.27. The number of benzene rings is 6. The Labute approximate surface area is 312 Å². The van der Waals surface area contributed by atoms with Crippen LogP contribution >= 0.6 is 0 Å². The fraction of sp³-hybridized carbons (Fsp3) is 0.143. The molecule has 6 aromatic rings. The zero-order chi connectivity index (χ0) is 36.0. The van der Waals surface area contributed by atoms with Gasteiger partial charge in [0.25, 0.3) is 0 Å². The highest BCUT2D eigenvalue weighted by Crippen LogP contribution is 2.50. The van der Waals surface area contributed by atoms with Crippen molar-refractivity contribution in [2.24, 2.45) is 15.4 Å². The number of nitrogens with zero attached hydrogens (tertiary/aromatic N) is 2. The average Bonchev–Trinajstić information content (AvgIpc) is 3.90. The van der Waals surface area contributed by atoms with Crippen LogP contribution in [0.15, 0.2) is 193 Å². The maximum absolute atomic E-state index is 7.27. The van der Waals surface area contributed by atoms with Crippen molar-refractivity contribution in [1.82, 2.24) is 0 Å². The van der Waals surface area contributed by atoms with Crippen LogP contribution < -0.4 is 0 Å². The van der Waals surface area contributed by atoms with Crippen LogP contribution in [0.2, 0.25) is 0 Å². The van der Waals surface area contributed by atoms with Crippen molar-refractivity contribution in [3.8, 4) is 0 Å². The smallest absolute Gasteiger partial charge is 0.201 e. The van der Waals surface area contributed by atoms with Gasteiger partial charge in [0.1, 0.15) is 17.5 Å². The summed E-state index contributed by atoms with van der Waals surface area (Å²) >= 11 is 0. The zero-order valence-corrected chi connectivity index (χ0v) is 29.7. The molecule has 8 rings (SSSR count). The van der Waals surface area contributed by atoms with Crippen LogP contribution in [-0.2, 0) is 22.3 Å². The van der Waals surface area contributed by atoms with Crippen molar-refractivity contribution >= 4 is 23.9 Å².